The molecule has 0 spiro atoms. The smallest absolute Gasteiger partial charge is 0.250 e. The molecule has 0 radical (unpaired) electrons. The zero-order valence-corrected chi connectivity index (χ0v) is 14.5. The molecule has 0 amide bonds. The van der Waals surface area contributed by atoms with Crippen LogP contribution in [-0.4, -0.2) is 21.0 Å². The first-order valence-corrected chi connectivity index (χ1v) is 10.2. The molecule has 0 aromatic carbocycles. The molecule has 4 nitrogen and oxygen atoms in total. The minimum Gasteiger partial charge on any atom is -0.312 e. The molecule has 0 bridgehead atoms. The average molecular weight is 331 g/mol. The van der Waals surface area contributed by atoms with E-state index in [1.807, 2.05) is 13.0 Å². The third kappa shape index (κ3) is 4.77. The number of rotatable bonds is 7. The Morgan fingerprint density at radius 1 is 1.29 bits per heavy atom. The fourth-order valence-electron chi connectivity index (χ4n) is 2.89. The highest BCUT2D eigenvalue weighted by Gasteiger charge is 2.26. The maximum atomic E-state index is 12.5. The molecule has 2 N–H and O–H groups in total. The van der Waals surface area contributed by atoms with Crippen LogP contribution in [0.2, 0.25) is 0 Å². The summed E-state index contributed by atoms with van der Waals surface area (Å²) in [7, 11) is -3.36. The summed E-state index contributed by atoms with van der Waals surface area (Å²) in [4.78, 5) is 1.06. The summed E-state index contributed by atoms with van der Waals surface area (Å²) in [6.45, 7) is 5.85. The van der Waals surface area contributed by atoms with E-state index in [1.165, 1.54) is 17.8 Å². The molecular weight excluding hydrogens is 304 g/mol. The van der Waals surface area contributed by atoms with Crippen molar-refractivity contribution in [2.24, 2.45) is 5.92 Å². The highest BCUT2D eigenvalue weighted by Crippen LogP contribution is 2.28. The normalized spacial score (nSPS) is 23.3. The monoisotopic (exact) mass is 330 g/mol. The van der Waals surface area contributed by atoms with Gasteiger partial charge in [-0.1, -0.05) is 33.1 Å². The van der Waals surface area contributed by atoms with Crippen molar-refractivity contribution in [2.45, 2.75) is 62.7 Å². The molecule has 120 valence electrons. The van der Waals surface area contributed by atoms with Crippen molar-refractivity contribution < 1.29 is 8.42 Å². The van der Waals surface area contributed by atoms with Gasteiger partial charge in [0, 0.05) is 17.5 Å². The number of nitrogens with one attached hydrogen (secondary N) is 2. The van der Waals surface area contributed by atoms with E-state index in [0.717, 1.165) is 43.6 Å². The van der Waals surface area contributed by atoms with E-state index >= 15 is 0 Å². The van der Waals surface area contributed by atoms with Gasteiger partial charge in [0.15, 0.2) is 0 Å². The Kier molecular flexibility index (Phi) is 6.22. The van der Waals surface area contributed by atoms with E-state index in [1.54, 1.807) is 6.07 Å². The number of hydrogen-bond acceptors (Lipinski definition) is 4. The second-order valence-electron chi connectivity index (χ2n) is 5.76. The van der Waals surface area contributed by atoms with Crippen molar-refractivity contribution in [3.8, 4) is 0 Å². The number of sulfonamides is 1. The lowest BCUT2D eigenvalue weighted by atomic mass is 9.85. The van der Waals surface area contributed by atoms with Gasteiger partial charge in [0.05, 0.1) is 0 Å². The van der Waals surface area contributed by atoms with Gasteiger partial charge in [-0.25, -0.2) is 13.1 Å². The van der Waals surface area contributed by atoms with Crippen LogP contribution in [0.1, 0.15) is 50.8 Å². The maximum Gasteiger partial charge on any atom is 0.250 e. The molecule has 1 heterocycles. The summed E-state index contributed by atoms with van der Waals surface area (Å²) in [5, 5.41) is 3.22. The fraction of sp³-hybridized carbons (Fsp3) is 0.733. The van der Waals surface area contributed by atoms with E-state index in [0.29, 0.717) is 10.1 Å². The summed E-state index contributed by atoms with van der Waals surface area (Å²) < 4.78 is 28.3. The molecule has 0 saturated heterocycles. The van der Waals surface area contributed by atoms with E-state index in [2.05, 4.69) is 17.0 Å². The van der Waals surface area contributed by atoms with Crippen LogP contribution in [0.5, 0.6) is 0 Å². The predicted molar refractivity (Wildman–Crippen MR) is 88.1 cm³/mol. The standard InChI is InChI=1S/C15H26N2O2S2/c1-3-12-6-5-7-13(10-12)17-21(18,19)15-9-8-14(20-15)11-16-4-2/h8-9,12-13,16-17H,3-7,10-11H2,1-2H3. The van der Waals surface area contributed by atoms with Gasteiger partial charge in [-0.15, -0.1) is 11.3 Å². The Morgan fingerprint density at radius 2 is 2.10 bits per heavy atom. The van der Waals surface area contributed by atoms with Gasteiger partial charge in [-0.2, -0.15) is 0 Å². The molecule has 0 aliphatic heterocycles. The molecule has 21 heavy (non-hydrogen) atoms. The van der Waals surface area contributed by atoms with E-state index in [9.17, 15) is 8.42 Å². The van der Waals surface area contributed by atoms with Gasteiger partial charge < -0.3 is 5.32 Å². The molecular formula is C15H26N2O2S2. The lowest BCUT2D eigenvalue weighted by Gasteiger charge is -2.28. The largest absolute Gasteiger partial charge is 0.312 e. The number of hydrogen-bond donors (Lipinski definition) is 2. The molecule has 1 aliphatic carbocycles. The summed E-state index contributed by atoms with van der Waals surface area (Å²) in [6, 6.07) is 3.73. The summed E-state index contributed by atoms with van der Waals surface area (Å²) in [5.74, 6) is 0.666. The van der Waals surface area contributed by atoms with E-state index in [4.69, 9.17) is 0 Å². The van der Waals surface area contributed by atoms with Gasteiger partial charge in [-0.05, 0) is 37.4 Å². The lowest BCUT2D eigenvalue weighted by molar-refractivity contribution is 0.301. The van der Waals surface area contributed by atoms with Crippen molar-refractivity contribution in [1.82, 2.24) is 10.0 Å². The third-order valence-electron chi connectivity index (χ3n) is 4.13. The van der Waals surface area contributed by atoms with Crippen molar-refractivity contribution in [2.75, 3.05) is 6.54 Å². The van der Waals surface area contributed by atoms with Crippen LogP contribution in [0.3, 0.4) is 0 Å². The Balaban J connectivity index is 1.99. The minimum absolute atomic E-state index is 0.105. The summed E-state index contributed by atoms with van der Waals surface area (Å²) in [6.07, 6.45) is 5.45. The minimum atomic E-state index is -3.36. The molecule has 1 aromatic heterocycles. The van der Waals surface area contributed by atoms with Gasteiger partial charge in [0.25, 0.3) is 0 Å². The van der Waals surface area contributed by atoms with Crippen LogP contribution >= 0.6 is 11.3 Å². The highest BCUT2D eigenvalue weighted by molar-refractivity contribution is 7.91. The first-order valence-electron chi connectivity index (χ1n) is 7.87. The maximum absolute atomic E-state index is 12.5. The van der Waals surface area contributed by atoms with Crippen molar-refractivity contribution in [3.05, 3.63) is 17.0 Å². The van der Waals surface area contributed by atoms with E-state index < -0.39 is 10.0 Å². The first-order chi connectivity index (χ1) is 10.0. The Labute approximate surface area is 132 Å². The second kappa shape index (κ2) is 7.72. The molecule has 1 aromatic rings. The molecule has 1 aliphatic rings. The molecule has 6 heteroatoms. The highest BCUT2D eigenvalue weighted by atomic mass is 32.2. The van der Waals surface area contributed by atoms with Gasteiger partial charge in [0.2, 0.25) is 10.0 Å². The van der Waals surface area contributed by atoms with Crippen LogP contribution in [0.4, 0.5) is 0 Å². The van der Waals surface area contributed by atoms with Crippen LogP contribution in [0.25, 0.3) is 0 Å². The molecule has 1 saturated carbocycles. The van der Waals surface area contributed by atoms with Crippen molar-refractivity contribution in [1.29, 1.82) is 0 Å². The Hall–Kier alpha value is -0.430. The molecule has 2 unspecified atom stereocenters. The van der Waals surface area contributed by atoms with Crippen LogP contribution in [0.15, 0.2) is 16.3 Å². The first kappa shape index (κ1) is 16.9. The zero-order chi connectivity index (χ0) is 15.3. The molecule has 2 atom stereocenters. The summed E-state index contributed by atoms with van der Waals surface area (Å²) in [5.41, 5.74) is 0. The van der Waals surface area contributed by atoms with Crippen molar-refractivity contribution >= 4 is 21.4 Å². The Bertz CT molecular complexity index is 540. The van der Waals surface area contributed by atoms with E-state index in [-0.39, 0.29) is 6.04 Å². The van der Waals surface area contributed by atoms with Crippen LogP contribution in [-0.2, 0) is 16.6 Å². The van der Waals surface area contributed by atoms with Crippen LogP contribution < -0.4 is 10.0 Å². The fourth-order valence-corrected chi connectivity index (χ4v) is 5.52. The number of thiophene rings is 1. The van der Waals surface area contributed by atoms with Gasteiger partial charge in [0.1, 0.15) is 4.21 Å². The summed E-state index contributed by atoms with van der Waals surface area (Å²) >= 11 is 1.36. The zero-order valence-electron chi connectivity index (χ0n) is 12.9. The van der Waals surface area contributed by atoms with Crippen molar-refractivity contribution in [3.63, 3.8) is 0 Å². The van der Waals surface area contributed by atoms with Gasteiger partial charge in [-0.3, -0.25) is 0 Å². The lowest BCUT2D eigenvalue weighted by Crippen LogP contribution is -2.38. The topological polar surface area (TPSA) is 58.2 Å². The molecule has 1 fully saturated rings. The van der Waals surface area contributed by atoms with Gasteiger partial charge >= 0.3 is 0 Å². The average Bonchev–Trinajstić information content (AvgIpc) is 2.94. The Morgan fingerprint density at radius 3 is 2.81 bits per heavy atom. The third-order valence-corrected chi connectivity index (χ3v) is 7.23. The quantitative estimate of drug-likeness (QED) is 0.807. The molecule has 2 rings (SSSR count). The van der Waals surface area contributed by atoms with Crippen LogP contribution in [0, 0.1) is 5.92 Å². The SMILES string of the molecule is CCNCc1ccc(S(=O)(=O)NC2CCCC(CC)C2)s1. The predicted octanol–water partition coefficient (Wildman–Crippen LogP) is 3.10. The second-order valence-corrected chi connectivity index (χ2v) is 8.87.